The van der Waals surface area contributed by atoms with Gasteiger partial charge in [0.25, 0.3) is 11.4 Å². The number of hydrogen-bond acceptors (Lipinski definition) is 7. The zero-order valence-corrected chi connectivity index (χ0v) is 22.0. The normalized spacial score (nSPS) is 24.0. The average molecular weight is 560 g/mol. The van der Waals surface area contributed by atoms with Gasteiger partial charge in [0.15, 0.2) is 0 Å². The predicted molar refractivity (Wildman–Crippen MR) is 145 cm³/mol. The van der Waals surface area contributed by atoms with E-state index in [2.05, 4.69) is 5.32 Å². The highest BCUT2D eigenvalue weighted by Gasteiger charge is 2.52. The van der Waals surface area contributed by atoms with Gasteiger partial charge in [-0.15, -0.1) is 23.4 Å². The SMILES string of the molecule is CCOc1cc2c(c([N+](=O)[O-])c1)NC(c1ccccc1Cl)C1CC(Sc3ccccc3[N+](=O)[O-])C(Cl)C21. The Morgan fingerprint density at radius 1 is 1.03 bits per heavy atom. The maximum atomic E-state index is 12.1. The van der Waals surface area contributed by atoms with Crippen molar-refractivity contribution in [2.75, 3.05) is 11.9 Å². The molecule has 11 heteroatoms. The van der Waals surface area contributed by atoms with E-state index in [9.17, 15) is 20.2 Å². The first-order chi connectivity index (χ1) is 17.8. The Morgan fingerprint density at radius 2 is 1.73 bits per heavy atom. The van der Waals surface area contributed by atoms with Crippen molar-refractivity contribution in [3.63, 3.8) is 0 Å². The molecule has 3 aromatic rings. The largest absolute Gasteiger partial charge is 0.494 e. The quantitative estimate of drug-likeness (QED) is 0.180. The Morgan fingerprint density at radius 3 is 2.43 bits per heavy atom. The van der Waals surface area contributed by atoms with Crippen molar-refractivity contribution in [3.8, 4) is 5.75 Å². The summed E-state index contributed by atoms with van der Waals surface area (Å²) in [5.74, 6) is 0.0774. The van der Waals surface area contributed by atoms with Gasteiger partial charge in [-0.3, -0.25) is 20.2 Å². The number of hydrogen-bond donors (Lipinski definition) is 1. The van der Waals surface area contributed by atoms with Crippen LogP contribution in [0.5, 0.6) is 5.75 Å². The number of rotatable bonds is 7. The van der Waals surface area contributed by atoms with Gasteiger partial charge < -0.3 is 10.1 Å². The average Bonchev–Trinajstić information content (AvgIpc) is 3.20. The molecule has 5 unspecified atom stereocenters. The predicted octanol–water partition coefficient (Wildman–Crippen LogP) is 7.59. The third kappa shape index (κ3) is 4.71. The molecule has 0 saturated heterocycles. The number of nitrogens with one attached hydrogen (secondary N) is 1. The van der Waals surface area contributed by atoms with Gasteiger partial charge in [-0.1, -0.05) is 41.9 Å². The first kappa shape index (κ1) is 25.6. The zero-order valence-electron chi connectivity index (χ0n) is 19.7. The molecule has 0 amide bonds. The van der Waals surface area contributed by atoms with Crippen molar-refractivity contribution in [1.29, 1.82) is 0 Å². The zero-order chi connectivity index (χ0) is 26.3. The molecule has 0 spiro atoms. The second kappa shape index (κ2) is 10.4. The van der Waals surface area contributed by atoms with E-state index in [-0.39, 0.29) is 34.5 Å². The van der Waals surface area contributed by atoms with Crippen LogP contribution in [0.1, 0.15) is 36.4 Å². The highest BCUT2D eigenvalue weighted by molar-refractivity contribution is 8.00. The lowest BCUT2D eigenvalue weighted by molar-refractivity contribution is -0.387. The molecule has 192 valence electrons. The number of nitrogens with zero attached hydrogens (tertiary/aromatic N) is 2. The van der Waals surface area contributed by atoms with Crippen LogP contribution in [0.2, 0.25) is 5.02 Å². The van der Waals surface area contributed by atoms with Crippen LogP contribution in [-0.2, 0) is 0 Å². The molecular formula is C26H23Cl2N3O5S. The number of nitro groups is 2. The monoisotopic (exact) mass is 559 g/mol. The lowest BCUT2D eigenvalue weighted by atomic mass is 9.77. The van der Waals surface area contributed by atoms with Gasteiger partial charge in [0.1, 0.15) is 11.4 Å². The first-order valence-electron chi connectivity index (χ1n) is 11.8. The smallest absolute Gasteiger partial charge is 0.296 e. The van der Waals surface area contributed by atoms with Gasteiger partial charge in [-0.05, 0) is 48.6 Å². The summed E-state index contributed by atoms with van der Waals surface area (Å²) in [6.45, 7) is 2.18. The molecule has 0 bridgehead atoms. The Bertz CT molecular complexity index is 1370. The maximum Gasteiger partial charge on any atom is 0.296 e. The molecule has 1 heterocycles. The fourth-order valence-corrected chi connectivity index (χ4v) is 7.67. The number of para-hydroxylation sites is 1. The highest BCUT2D eigenvalue weighted by atomic mass is 35.5. The number of nitro benzene ring substituents is 2. The Hall–Kier alpha value is -3.01. The summed E-state index contributed by atoms with van der Waals surface area (Å²) in [7, 11) is 0. The van der Waals surface area contributed by atoms with Crippen molar-refractivity contribution in [3.05, 3.63) is 97.0 Å². The molecule has 0 aromatic heterocycles. The van der Waals surface area contributed by atoms with E-state index in [1.54, 1.807) is 24.3 Å². The van der Waals surface area contributed by atoms with E-state index < -0.39 is 15.2 Å². The third-order valence-electron chi connectivity index (χ3n) is 6.96. The number of benzene rings is 3. The van der Waals surface area contributed by atoms with E-state index in [1.165, 1.54) is 23.9 Å². The van der Waals surface area contributed by atoms with Gasteiger partial charge in [0, 0.05) is 22.3 Å². The Kier molecular flexibility index (Phi) is 7.20. The summed E-state index contributed by atoms with van der Waals surface area (Å²) in [5.41, 5.74) is 1.89. The second-order valence-electron chi connectivity index (χ2n) is 8.99. The van der Waals surface area contributed by atoms with E-state index >= 15 is 0 Å². The minimum atomic E-state index is -0.447. The molecule has 1 aliphatic carbocycles. The summed E-state index contributed by atoms with van der Waals surface area (Å²) in [4.78, 5) is 23.5. The summed E-state index contributed by atoms with van der Waals surface area (Å²) in [5, 5.41) is 27.1. The molecular weight excluding hydrogens is 537 g/mol. The number of fused-ring (bicyclic) bond motifs is 3. The van der Waals surface area contributed by atoms with Crippen molar-refractivity contribution >= 4 is 52.0 Å². The van der Waals surface area contributed by atoms with E-state index in [1.807, 2.05) is 31.2 Å². The lowest BCUT2D eigenvalue weighted by Gasteiger charge is -2.38. The molecule has 37 heavy (non-hydrogen) atoms. The van der Waals surface area contributed by atoms with Crippen LogP contribution in [-0.4, -0.2) is 27.1 Å². The van der Waals surface area contributed by atoms with Crippen molar-refractivity contribution in [2.24, 2.45) is 5.92 Å². The number of alkyl halides is 1. The fraction of sp³-hybridized carbons (Fsp3) is 0.308. The molecule has 1 saturated carbocycles. The molecule has 3 aromatic carbocycles. The summed E-state index contributed by atoms with van der Waals surface area (Å²) in [6.07, 6.45) is 0.630. The van der Waals surface area contributed by atoms with Gasteiger partial charge in [-0.25, -0.2) is 0 Å². The lowest BCUT2D eigenvalue weighted by Crippen LogP contribution is -2.31. The summed E-state index contributed by atoms with van der Waals surface area (Å²) < 4.78 is 5.67. The second-order valence-corrected chi connectivity index (χ2v) is 11.2. The molecule has 1 fully saturated rings. The van der Waals surface area contributed by atoms with Crippen molar-refractivity contribution in [1.82, 2.24) is 0 Å². The van der Waals surface area contributed by atoms with Crippen LogP contribution in [0.25, 0.3) is 0 Å². The van der Waals surface area contributed by atoms with Crippen LogP contribution in [0.15, 0.2) is 65.6 Å². The molecule has 1 N–H and O–H groups in total. The standard InChI is InChI=1S/C26H23Cl2N3O5S/c1-2-36-14-11-16-23-17(13-22(24(23)28)37-21-10-6-5-9-19(21)30(32)33)25(15-7-3-4-8-18(15)27)29-26(16)20(12-14)31(34)35/h3-12,17,22-25,29H,2,13H2,1H3. The van der Waals surface area contributed by atoms with E-state index in [4.69, 9.17) is 27.9 Å². The molecule has 1 aliphatic heterocycles. The molecule has 2 aliphatic rings. The van der Waals surface area contributed by atoms with Gasteiger partial charge in [-0.2, -0.15) is 0 Å². The minimum absolute atomic E-state index is 0.0293. The number of halogens is 2. The van der Waals surface area contributed by atoms with Gasteiger partial charge in [0.05, 0.1) is 38.8 Å². The van der Waals surface area contributed by atoms with Gasteiger partial charge >= 0.3 is 0 Å². The van der Waals surface area contributed by atoms with Crippen molar-refractivity contribution in [2.45, 2.75) is 40.8 Å². The van der Waals surface area contributed by atoms with Crippen LogP contribution in [0, 0.1) is 26.1 Å². The minimum Gasteiger partial charge on any atom is -0.494 e. The molecule has 8 nitrogen and oxygen atoms in total. The third-order valence-corrected chi connectivity index (χ3v) is 9.42. The molecule has 5 rings (SSSR count). The summed E-state index contributed by atoms with van der Waals surface area (Å²) in [6, 6.07) is 17.0. The van der Waals surface area contributed by atoms with Crippen LogP contribution >= 0.6 is 35.0 Å². The topological polar surface area (TPSA) is 108 Å². The highest BCUT2D eigenvalue weighted by Crippen LogP contribution is 2.60. The fourth-order valence-electron chi connectivity index (χ4n) is 5.48. The summed E-state index contributed by atoms with van der Waals surface area (Å²) >= 11 is 15.1. The van der Waals surface area contributed by atoms with Crippen LogP contribution < -0.4 is 10.1 Å². The number of ether oxygens (including phenoxy) is 1. The van der Waals surface area contributed by atoms with Crippen LogP contribution in [0.4, 0.5) is 17.1 Å². The van der Waals surface area contributed by atoms with Crippen molar-refractivity contribution < 1.29 is 14.6 Å². The maximum absolute atomic E-state index is 12.1. The number of anilines is 1. The number of thioether (sulfide) groups is 1. The van der Waals surface area contributed by atoms with E-state index in [0.29, 0.717) is 34.4 Å². The first-order valence-corrected chi connectivity index (χ1v) is 13.5. The molecule has 0 radical (unpaired) electrons. The Labute approximate surface area is 227 Å². The molecule has 5 atom stereocenters. The van der Waals surface area contributed by atoms with Crippen LogP contribution in [0.3, 0.4) is 0 Å². The van der Waals surface area contributed by atoms with Gasteiger partial charge in [0.2, 0.25) is 0 Å². The van der Waals surface area contributed by atoms with E-state index in [0.717, 1.165) is 11.1 Å². The Balaban J connectivity index is 1.63.